The topological polar surface area (TPSA) is 29.1 Å². The Labute approximate surface area is 125 Å². The van der Waals surface area contributed by atoms with E-state index in [2.05, 4.69) is 15.9 Å². The molecule has 0 aromatic heterocycles. The molecule has 0 saturated heterocycles. The van der Waals surface area contributed by atoms with Gasteiger partial charge in [0.25, 0.3) is 0 Å². The van der Waals surface area contributed by atoms with Crippen LogP contribution in [0.1, 0.15) is 6.92 Å². The first-order chi connectivity index (χ1) is 9.63. The quantitative estimate of drug-likeness (QED) is 0.743. The van der Waals surface area contributed by atoms with Gasteiger partial charge in [-0.2, -0.15) is 13.2 Å². The number of hydrogen-bond acceptors (Lipinski definition) is 1. The lowest BCUT2D eigenvalue weighted by molar-refractivity contribution is -0.184. The van der Waals surface area contributed by atoms with Crippen molar-refractivity contribution >= 4 is 21.8 Å². The highest BCUT2D eigenvalue weighted by Gasteiger charge is 2.59. The molecule has 120 valence electrons. The van der Waals surface area contributed by atoms with E-state index in [1.165, 1.54) is 0 Å². The Hall–Kier alpha value is -0.990. The fourth-order valence-electron chi connectivity index (χ4n) is 2.43. The Morgan fingerprint density at radius 2 is 1.90 bits per heavy atom. The molecule has 2 unspecified atom stereocenters. The molecule has 2 atom stereocenters. The lowest BCUT2D eigenvalue weighted by atomic mass is 9.71. The van der Waals surface area contributed by atoms with E-state index in [-0.39, 0.29) is 4.48 Å². The number of amides is 1. The second-order valence-electron chi connectivity index (χ2n) is 4.57. The first-order valence-corrected chi connectivity index (χ1v) is 6.56. The summed E-state index contributed by atoms with van der Waals surface area (Å²) in [5.74, 6) is -3.66. The second-order valence-corrected chi connectivity index (χ2v) is 5.43. The van der Waals surface area contributed by atoms with Gasteiger partial charge in [0.05, 0.1) is 0 Å². The van der Waals surface area contributed by atoms with Gasteiger partial charge in [-0.15, -0.1) is 0 Å². The van der Waals surface area contributed by atoms with Crippen LogP contribution in [0.15, 0.2) is 21.7 Å². The van der Waals surface area contributed by atoms with Crippen molar-refractivity contribution in [1.82, 2.24) is 5.32 Å². The molecule has 1 aliphatic rings. The summed E-state index contributed by atoms with van der Waals surface area (Å²) in [7, 11) is 0. The van der Waals surface area contributed by atoms with Crippen LogP contribution in [0.5, 0.6) is 0 Å². The van der Waals surface area contributed by atoms with Crippen LogP contribution in [0.2, 0.25) is 0 Å². The number of rotatable bonds is 4. The zero-order valence-electron chi connectivity index (χ0n) is 10.8. The number of nitrogens with one attached hydrogen (secondary N) is 1. The summed E-state index contributed by atoms with van der Waals surface area (Å²) in [6.45, 7) is -3.76. The molecule has 0 spiro atoms. The summed E-state index contributed by atoms with van der Waals surface area (Å²) >= 11 is 2.74. The first kappa shape index (κ1) is 18.1. The molecule has 0 aromatic rings. The van der Waals surface area contributed by atoms with Crippen molar-refractivity contribution in [2.24, 2.45) is 5.92 Å². The molecule has 0 aromatic carbocycles. The molecule has 1 N–H and O–H groups in total. The molecule has 2 nitrogen and oxygen atoms in total. The normalized spacial score (nSPS) is 26.7. The zero-order chi connectivity index (χ0) is 16.4. The van der Waals surface area contributed by atoms with Gasteiger partial charge in [0.2, 0.25) is 5.91 Å². The Balaban J connectivity index is 3.61. The maximum atomic E-state index is 13.5. The minimum absolute atomic E-state index is 0.297. The minimum atomic E-state index is -5.07. The lowest BCUT2D eigenvalue weighted by Crippen LogP contribution is -2.62. The van der Waals surface area contributed by atoms with Gasteiger partial charge in [0, 0.05) is 11.4 Å². The highest BCUT2D eigenvalue weighted by Crippen LogP contribution is 2.48. The molecule has 1 rings (SSSR count). The van der Waals surface area contributed by atoms with E-state index in [0.29, 0.717) is 0 Å². The average Bonchev–Trinajstić information content (AvgIpc) is 2.37. The monoisotopic (exact) mass is 379 g/mol. The van der Waals surface area contributed by atoms with Gasteiger partial charge in [0.15, 0.2) is 0 Å². The van der Waals surface area contributed by atoms with Crippen LogP contribution in [0.4, 0.5) is 26.3 Å². The Kier molecular flexibility index (Phi) is 5.51. The smallest absolute Gasteiger partial charge is 0.343 e. The van der Waals surface area contributed by atoms with E-state index in [0.717, 1.165) is 13.0 Å². The van der Waals surface area contributed by atoms with Crippen molar-refractivity contribution in [3.8, 4) is 0 Å². The number of alkyl halides is 6. The fourth-order valence-corrected chi connectivity index (χ4v) is 3.05. The fraction of sp³-hybridized carbons (Fsp3) is 0.583. The summed E-state index contributed by atoms with van der Waals surface area (Å²) < 4.78 is 79.2. The molecular formula is C12H12BrF6NO. The third kappa shape index (κ3) is 3.27. The zero-order valence-corrected chi connectivity index (χ0v) is 12.4. The predicted molar refractivity (Wildman–Crippen MR) is 68.1 cm³/mol. The van der Waals surface area contributed by atoms with Crippen LogP contribution < -0.4 is 5.32 Å². The van der Waals surface area contributed by atoms with E-state index in [1.807, 2.05) is 5.32 Å². The van der Waals surface area contributed by atoms with E-state index in [4.69, 9.17) is 0 Å². The van der Waals surface area contributed by atoms with Crippen molar-refractivity contribution in [3.05, 3.63) is 21.7 Å². The van der Waals surface area contributed by atoms with Crippen molar-refractivity contribution in [1.29, 1.82) is 0 Å². The standard InChI is InChI=1S/C12H12BrF6NO/c1-6(21)20-11(5-16)7(3-14)2-9(13)8(4-15)10(11)12(17,18)19/h2,10H,3-5H2,1H3,(H,20,21). The van der Waals surface area contributed by atoms with Gasteiger partial charge in [-0.1, -0.05) is 15.9 Å². The number of carbonyl (C=O) groups excluding carboxylic acids is 1. The van der Waals surface area contributed by atoms with Gasteiger partial charge in [0.1, 0.15) is 31.5 Å². The molecule has 0 radical (unpaired) electrons. The SMILES string of the molecule is CC(=O)NC1(CF)C(CF)=CC(Br)=C(CF)C1C(F)(F)F. The van der Waals surface area contributed by atoms with E-state index < -0.39 is 54.7 Å². The molecule has 0 fully saturated rings. The maximum Gasteiger partial charge on any atom is 0.398 e. The van der Waals surface area contributed by atoms with Crippen LogP contribution in [-0.4, -0.2) is 37.6 Å². The van der Waals surface area contributed by atoms with E-state index >= 15 is 0 Å². The van der Waals surface area contributed by atoms with Crippen LogP contribution in [0.25, 0.3) is 0 Å². The minimum Gasteiger partial charge on any atom is -0.343 e. The molecule has 0 heterocycles. The number of halogens is 7. The van der Waals surface area contributed by atoms with Crippen molar-refractivity contribution in [2.45, 2.75) is 18.6 Å². The van der Waals surface area contributed by atoms with Gasteiger partial charge in [-0.25, -0.2) is 13.2 Å². The van der Waals surface area contributed by atoms with Crippen LogP contribution in [0, 0.1) is 5.92 Å². The molecule has 0 bridgehead atoms. The molecule has 0 saturated carbocycles. The van der Waals surface area contributed by atoms with E-state index in [1.54, 1.807) is 0 Å². The summed E-state index contributed by atoms with van der Waals surface area (Å²) in [6, 6.07) is 0. The molecule has 1 amide bonds. The summed E-state index contributed by atoms with van der Waals surface area (Å²) in [6.07, 6.45) is -4.18. The van der Waals surface area contributed by atoms with Crippen LogP contribution in [-0.2, 0) is 4.79 Å². The highest BCUT2D eigenvalue weighted by molar-refractivity contribution is 9.11. The Morgan fingerprint density at radius 1 is 1.33 bits per heavy atom. The lowest BCUT2D eigenvalue weighted by Gasteiger charge is -2.44. The van der Waals surface area contributed by atoms with Crippen molar-refractivity contribution in [3.63, 3.8) is 0 Å². The third-order valence-electron chi connectivity index (χ3n) is 3.25. The third-order valence-corrected chi connectivity index (χ3v) is 3.99. The van der Waals surface area contributed by atoms with Crippen molar-refractivity contribution in [2.75, 3.05) is 20.0 Å². The van der Waals surface area contributed by atoms with Gasteiger partial charge in [-0.05, 0) is 17.2 Å². The summed E-state index contributed by atoms with van der Waals surface area (Å²) in [5.41, 5.74) is -4.06. The van der Waals surface area contributed by atoms with Gasteiger partial charge < -0.3 is 5.32 Å². The summed E-state index contributed by atoms with van der Waals surface area (Å²) in [4.78, 5) is 11.2. The number of allylic oxidation sites excluding steroid dienone is 2. The largest absolute Gasteiger partial charge is 0.398 e. The summed E-state index contributed by atoms with van der Waals surface area (Å²) in [5, 5.41) is 1.82. The van der Waals surface area contributed by atoms with Gasteiger partial charge >= 0.3 is 6.18 Å². The molecular weight excluding hydrogens is 368 g/mol. The van der Waals surface area contributed by atoms with E-state index in [9.17, 15) is 31.1 Å². The molecule has 1 aliphatic carbocycles. The van der Waals surface area contributed by atoms with Crippen LogP contribution >= 0.6 is 15.9 Å². The Bertz CT molecular complexity index is 487. The predicted octanol–water partition coefficient (Wildman–Crippen LogP) is 3.54. The van der Waals surface area contributed by atoms with Gasteiger partial charge in [-0.3, -0.25) is 4.79 Å². The molecule has 9 heteroatoms. The molecule has 21 heavy (non-hydrogen) atoms. The highest BCUT2D eigenvalue weighted by atomic mass is 79.9. The number of hydrogen-bond donors (Lipinski definition) is 1. The first-order valence-electron chi connectivity index (χ1n) is 5.77. The maximum absolute atomic E-state index is 13.5. The Morgan fingerprint density at radius 3 is 2.24 bits per heavy atom. The molecule has 0 aliphatic heterocycles. The second kappa shape index (κ2) is 6.41. The number of carbonyl (C=O) groups is 1. The van der Waals surface area contributed by atoms with Crippen LogP contribution in [0.3, 0.4) is 0 Å². The average molecular weight is 380 g/mol. The van der Waals surface area contributed by atoms with Crippen molar-refractivity contribution < 1.29 is 31.1 Å².